The highest BCUT2D eigenvalue weighted by Gasteiger charge is 2.07. The average molecular weight is 310 g/mol. The third-order valence-electron chi connectivity index (χ3n) is 3.28. The maximum atomic E-state index is 10.0. The lowest BCUT2D eigenvalue weighted by Crippen LogP contribution is -2.26. The van der Waals surface area contributed by atoms with Crippen molar-refractivity contribution in [1.29, 1.82) is 0 Å². The molecule has 6 nitrogen and oxygen atoms in total. The molecule has 1 aromatic carbocycles. The number of benzene rings is 1. The number of aryl methyl sites for hydroxylation is 1. The van der Waals surface area contributed by atoms with Crippen molar-refractivity contribution in [2.24, 2.45) is 0 Å². The number of pyridine rings is 1. The molecule has 3 rings (SSSR count). The van der Waals surface area contributed by atoms with Crippen LogP contribution in [0.5, 0.6) is 5.75 Å². The van der Waals surface area contributed by atoms with E-state index in [1.807, 2.05) is 43.3 Å². The lowest BCUT2D eigenvalue weighted by atomic mass is 10.2. The van der Waals surface area contributed by atoms with Crippen molar-refractivity contribution in [3.8, 4) is 5.75 Å². The highest BCUT2D eigenvalue weighted by Crippen LogP contribution is 2.13. The van der Waals surface area contributed by atoms with Crippen LogP contribution < -0.4 is 10.1 Å². The monoisotopic (exact) mass is 310 g/mol. The first-order chi connectivity index (χ1) is 11.2. The van der Waals surface area contributed by atoms with Gasteiger partial charge in [0, 0.05) is 18.9 Å². The molecule has 6 heteroatoms. The number of hydrogen-bond donors (Lipinski definition) is 2. The van der Waals surface area contributed by atoms with E-state index in [1.165, 1.54) is 0 Å². The van der Waals surface area contributed by atoms with E-state index < -0.39 is 6.10 Å². The molecular weight excluding hydrogens is 292 g/mol. The molecule has 0 saturated heterocycles. The van der Waals surface area contributed by atoms with Crippen LogP contribution in [0.1, 0.15) is 5.56 Å². The second-order valence-electron chi connectivity index (χ2n) is 5.26. The fraction of sp³-hybridized carbons (Fsp3) is 0.235. The van der Waals surface area contributed by atoms with Crippen LogP contribution >= 0.6 is 0 Å². The Balaban J connectivity index is 1.52. The molecule has 2 aromatic heterocycles. The SMILES string of the molecule is Cc1cccc(OCC(O)CNc2ccc3nccnc3n2)c1. The summed E-state index contributed by atoms with van der Waals surface area (Å²) in [6.07, 6.45) is 2.59. The quantitative estimate of drug-likeness (QED) is 0.726. The molecule has 0 aliphatic carbocycles. The Morgan fingerprint density at radius 2 is 2.04 bits per heavy atom. The van der Waals surface area contributed by atoms with Crippen LogP contribution in [-0.2, 0) is 0 Å². The van der Waals surface area contributed by atoms with E-state index in [-0.39, 0.29) is 6.61 Å². The van der Waals surface area contributed by atoms with E-state index in [0.29, 0.717) is 18.0 Å². The minimum Gasteiger partial charge on any atom is -0.491 e. The molecule has 0 aliphatic heterocycles. The van der Waals surface area contributed by atoms with E-state index in [9.17, 15) is 5.11 Å². The van der Waals surface area contributed by atoms with Gasteiger partial charge in [-0.2, -0.15) is 0 Å². The Bertz CT molecular complexity index is 794. The fourth-order valence-electron chi connectivity index (χ4n) is 2.13. The van der Waals surface area contributed by atoms with Crippen LogP contribution in [0.25, 0.3) is 11.2 Å². The molecule has 2 heterocycles. The molecular formula is C17H18N4O2. The summed E-state index contributed by atoms with van der Waals surface area (Å²) in [4.78, 5) is 12.7. The van der Waals surface area contributed by atoms with E-state index in [2.05, 4.69) is 20.3 Å². The molecule has 1 atom stereocenters. The summed E-state index contributed by atoms with van der Waals surface area (Å²) < 4.78 is 5.57. The summed E-state index contributed by atoms with van der Waals surface area (Å²) in [6, 6.07) is 11.4. The Morgan fingerprint density at radius 3 is 2.91 bits per heavy atom. The van der Waals surface area contributed by atoms with Gasteiger partial charge in [-0.1, -0.05) is 12.1 Å². The number of fused-ring (bicyclic) bond motifs is 1. The number of nitrogens with one attached hydrogen (secondary N) is 1. The number of aliphatic hydroxyl groups is 1. The van der Waals surface area contributed by atoms with Crippen molar-refractivity contribution in [3.05, 3.63) is 54.4 Å². The highest BCUT2D eigenvalue weighted by atomic mass is 16.5. The molecule has 0 bridgehead atoms. The summed E-state index contributed by atoms with van der Waals surface area (Å²) >= 11 is 0. The molecule has 0 fully saturated rings. The zero-order valence-electron chi connectivity index (χ0n) is 12.8. The Labute approximate surface area is 134 Å². The summed E-state index contributed by atoms with van der Waals surface area (Å²) in [7, 11) is 0. The van der Waals surface area contributed by atoms with Crippen molar-refractivity contribution in [1.82, 2.24) is 15.0 Å². The van der Waals surface area contributed by atoms with Crippen LogP contribution in [0.2, 0.25) is 0 Å². The molecule has 118 valence electrons. The minimum atomic E-state index is -0.644. The topological polar surface area (TPSA) is 80.2 Å². The van der Waals surface area contributed by atoms with Crippen molar-refractivity contribution < 1.29 is 9.84 Å². The number of aromatic nitrogens is 3. The van der Waals surface area contributed by atoms with Crippen LogP contribution in [0, 0.1) is 6.92 Å². The zero-order valence-corrected chi connectivity index (χ0v) is 12.8. The van der Waals surface area contributed by atoms with Crippen LogP contribution in [0.4, 0.5) is 5.82 Å². The van der Waals surface area contributed by atoms with Gasteiger partial charge < -0.3 is 15.2 Å². The molecule has 0 saturated carbocycles. The van der Waals surface area contributed by atoms with Crippen LogP contribution in [0.3, 0.4) is 0 Å². The maximum Gasteiger partial charge on any atom is 0.180 e. The van der Waals surface area contributed by atoms with Gasteiger partial charge in [0.1, 0.15) is 29.8 Å². The van der Waals surface area contributed by atoms with Crippen LogP contribution in [-0.4, -0.2) is 39.3 Å². The van der Waals surface area contributed by atoms with Gasteiger partial charge in [0.05, 0.1) is 0 Å². The molecule has 2 N–H and O–H groups in total. The number of nitrogens with zero attached hydrogens (tertiary/aromatic N) is 3. The number of ether oxygens (including phenoxy) is 1. The Kier molecular flexibility index (Phi) is 4.63. The predicted molar refractivity (Wildman–Crippen MR) is 88.5 cm³/mol. The van der Waals surface area contributed by atoms with Gasteiger partial charge in [0.25, 0.3) is 0 Å². The predicted octanol–water partition coefficient (Wildman–Crippen LogP) is 2.19. The third kappa shape index (κ3) is 4.14. The molecule has 0 spiro atoms. The molecule has 23 heavy (non-hydrogen) atoms. The van der Waals surface area contributed by atoms with E-state index in [1.54, 1.807) is 12.4 Å². The molecule has 1 unspecified atom stereocenters. The molecule has 0 radical (unpaired) electrons. The first kappa shape index (κ1) is 15.2. The zero-order chi connectivity index (χ0) is 16.1. The second kappa shape index (κ2) is 7.02. The number of anilines is 1. The molecule has 0 amide bonds. The van der Waals surface area contributed by atoms with Crippen molar-refractivity contribution in [2.75, 3.05) is 18.5 Å². The van der Waals surface area contributed by atoms with Gasteiger partial charge >= 0.3 is 0 Å². The fourth-order valence-corrected chi connectivity index (χ4v) is 2.13. The summed E-state index contributed by atoms with van der Waals surface area (Å²) in [5.41, 5.74) is 2.43. The summed E-state index contributed by atoms with van der Waals surface area (Å²) in [5, 5.41) is 13.1. The number of aliphatic hydroxyl groups excluding tert-OH is 1. The lowest BCUT2D eigenvalue weighted by Gasteiger charge is -2.14. The third-order valence-corrected chi connectivity index (χ3v) is 3.28. The smallest absolute Gasteiger partial charge is 0.180 e. The first-order valence-electron chi connectivity index (χ1n) is 7.40. The number of hydrogen-bond acceptors (Lipinski definition) is 6. The van der Waals surface area contributed by atoms with Gasteiger partial charge in [-0.15, -0.1) is 0 Å². The molecule has 0 aliphatic rings. The van der Waals surface area contributed by atoms with Gasteiger partial charge in [0.2, 0.25) is 0 Å². The van der Waals surface area contributed by atoms with Crippen molar-refractivity contribution in [2.45, 2.75) is 13.0 Å². The number of rotatable bonds is 6. The van der Waals surface area contributed by atoms with Gasteiger partial charge in [0.15, 0.2) is 5.65 Å². The summed E-state index contributed by atoms with van der Waals surface area (Å²) in [6.45, 7) is 2.55. The van der Waals surface area contributed by atoms with Gasteiger partial charge in [-0.3, -0.25) is 4.98 Å². The van der Waals surface area contributed by atoms with Crippen LogP contribution in [0.15, 0.2) is 48.8 Å². The normalized spacial score (nSPS) is 12.1. The van der Waals surface area contributed by atoms with E-state index in [0.717, 1.165) is 16.8 Å². The van der Waals surface area contributed by atoms with Gasteiger partial charge in [-0.05, 0) is 36.8 Å². The van der Waals surface area contributed by atoms with E-state index in [4.69, 9.17) is 4.74 Å². The molecule has 3 aromatic rings. The Morgan fingerprint density at radius 1 is 1.17 bits per heavy atom. The lowest BCUT2D eigenvalue weighted by molar-refractivity contribution is 0.117. The summed E-state index contributed by atoms with van der Waals surface area (Å²) in [5.74, 6) is 1.40. The second-order valence-corrected chi connectivity index (χ2v) is 5.26. The van der Waals surface area contributed by atoms with E-state index >= 15 is 0 Å². The standard InChI is InChI=1S/C17H18N4O2/c1-12-3-2-4-14(9-12)23-11-13(22)10-20-16-6-5-15-17(21-16)19-8-7-18-15/h2-9,13,22H,10-11H2,1H3,(H,19,20,21). The van der Waals surface area contributed by atoms with Gasteiger partial charge in [-0.25, -0.2) is 9.97 Å². The highest BCUT2D eigenvalue weighted by molar-refractivity contribution is 5.71. The van der Waals surface area contributed by atoms with Crippen molar-refractivity contribution in [3.63, 3.8) is 0 Å². The average Bonchev–Trinajstić information content (AvgIpc) is 2.58. The first-order valence-corrected chi connectivity index (χ1v) is 7.40. The minimum absolute atomic E-state index is 0.212. The maximum absolute atomic E-state index is 10.0. The van der Waals surface area contributed by atoms with Crippen molar-refractivity contribution >= 4 is 17.0 Å². The Hall–Kier alpha value is -2.73. The largest absolute Gasteiger partial charge is 0.491 e.